The molecule has 1 nitrogen and oxygen atoms in total. The van der Waals surface area contributed by atoms with Crippen molar-refractivity contribution in [2.24, 2.45) is 0 Å². The van der Waals surface area contributed by atoms with E-state index in [1.165, 1.54) is 211 Å². The average molecular weight is 553 g/mol. The van der Waals surface area contributed by atoms with Crippen LogP contribution >= 0.6 is 0 Å². The van der Waals surface area contributed by atoms with Gasteiger partial charge in [0, 0.05) is 0 Å². The third-order valence-corrected chi connectivity index (χ3v) is 12.8. The average Bonchev–Trinajstić information content (AvgIpc) is 2.92. The van der Waals surface area contributed by atoms with Crippen LogP contribution in [-0.2, 0) is 0 Å². The lowest BCUT2D eigenvalue weighted by molar-refractivity contribution is 0.491. The first kappa shape index (κ1) is 38.2. The molecule has 0 aromatic heterocycles. The van der Waals surface area contributed by atoms with Crippen LogP contribution in [0.2, 0.25) is 18.1 Å². The second-order valence-corrected chi connectivity index (χ2v) is 17.0. The molecule has 0 atom stereocenters. The first-order valence-electron chi connectivity index (χ1n) is 18.4. The molecule has 0 saturated carbocycles. The van der Waals surface area contributed by atoms with Crippen LogP contribution in [0, 0.1) is 0 Å². The summed E-state index contributed by atoms with van der Waals surface area (Å²) in [6.07, 6.45) is 42.0. The second-order valence-electron chi connectivity index (χ2n) is 13.0. The summed E-state index contributed by atoms with van der Waals surface area (Å²) >= 11 is 0. The molecule has 0 saturated heterocycles. The highest BCUT2D eigenvalue weighted by Gasteiger charge is 2.29. The fraction of sp³-hybridized carbons (Fsp3) is 1.00. The summed E-state index contributed by atoms with van der Waals surface area (Å²) in [6, 6.07) is 3.58. The van der Waals surface area contributed by atoms with E-state index >= 15 is 0 Å². The molecule has 0 amide bonds. The Bertz CT molecular complexity index is 364. The Kier molecular flexibility index (Phi) is 31.8. The molecule has 0 heterocycles. The van der Waals surface area contributed by atoms with Crippen molar-refractivity contribution >= 4 is 8.32 Å². The predicted octanol–water partition coefficient (Wildman–Crippen LogP) is 13.7. The summed E-state index contributed by atoms with van der Waals surface area (Å²) in [4.78, 5) is 11.7. The molecular formula is C36H76OSi. The maximum atomic E-state index is 11.7. The molecule has 38 heavy (non-hydrogen) atoms. The van der Waals surface area contributed by atoms with Crippen molar-refractivity contribution in [1.29, 1.82) is 0 Å². The lowest BCUT2D eigenvalue weighted by Crippen LogP contribution is -2.34. The number of unbranched alkanes of at least 4 members (excludes halogenated alkanes) is 27. The van der Waals surface area contributed by atoms with Gasteiger partial charge in [-0.2, -0.15) is 0 Å². The van der Waals surface area contributed by atoms with Crippen molar-refractivity contribution in [3.63, 3.8) is 0 Å². The highest BCUT2D eigenvalue weighted by Crippen LogP contribution is 2.28. The quantitative estimate of drug-likeness (QED) is 0.0634. The smallest absolute Gasteiger partial charge is 0.188 e. The minimum atomic E-state index is -2.02. The zero-order valence-electron chi connectivity index (χ0n) is 27.3. The van der Waals surface area contributed by atoms with Crippen LogP contribution in [0.5, 0.6) is 0 Å². The summed E-state index contributed by atoms with van der Waals surface area (Å²) in [7, 11) is -2.02. The van der Waals surface area contributed by atoms with Gasteiger partial charge in [0.05, 0.1) is 0 Å². The molecule has 0 aliphatic carbocycles. The van der Waals surface area contributed by atoms with Crippen molar-refractivity contribution in [3.05, 3.63) is 0 Å². The van der Waals surface area contributed by atoms with Crippen molar-refractivity contribution in [2.45, 2.75) is 232 Å². The van der Waals surface area contributed by atoms with Gasteiger partial charge in [-0.1, -0.05) is 213 Å². The Labute approximate surface area is 244 Å². The molecule has 0 fully saturated rings. The van der Waals surface area contributed by atoms with Crippen LogP contribution in [0.3, 0.4) is 0 Å². The lowest BCUT2D eigenvalue weighted by atomic mass is 10.1. The Morgan fingerprint density at radius 3 is 0.605 bits per heavy atom. The largest absolute Gasteiger partial charge is 0.432 e. The van der Waals surface area contributed by atoms with Crippen LogP contribution in [0.1, 0.15) is 213 Å². The molecule has 0 aliphatic rings. The minimum absolute atomic E-state index is 1.19. The van der Waals surface area contributed by atoms with E-state index in [1.54, 1.807) is 0 Å². The first-order chi connectivity index (χ1) is 18.7. The Morgan fingerprint density at radius 1 is 0.263 bits per heavy atom. The Morgan fingerprint density at radius 2 is 0.421 bits per heavy atom. The van der Waals surface area contributed by atoms with E-state index in [4.69, 9.17) is 0 Å². The Hall–Kier alpha value is 0.177. The van der Waals surface area contributed by atoms with Crippen molar-refractivity contribution in [1.82, 2.24) is 0 Å². The van der Waals surface area contributed by atoms with Gasteiger partial charge in [0.15, 0.2) is 8.32 Å². The molecule has 0 rings (SSSR count). The van der Waals surface area contributed by atoms with Gasteiger partial charge in [-0.3, -0.25) is 0 Å². The standard InChI is InChI=1S/C36H76OSi/c1-4-7-10-13-16-19-22-25-28-31-34-38(37,35-32-29-26-23-20-17-14-11-8-5-2)36-33-30-27-24-21-18-15-12-9-6-3/h37H,4-36H2,1-3H3. The van der Waals surface area contributed by atoms with E-state index in [-0.39, 0.29) is 0 Å². The fourth-order valence-electron chi connectivity index (χ4n) is 6.20. The number of rotatable bonds is 33. The van der Waals surface area contributed by atoms with Crippen molar-refractivity contribution < 1.29 is 4.80 Å². The molecule has 0 aromatic rings. The third-order valence-electron chi connectivity index (χ3n) is 8.99. The van der Waals surface area contributed by atoms with E-state index in [9.17, 15) is 4.80 Å². The predicted molar refractivity (Wildman–Crippen MR) is 178 cm³/mol. The van der Waals surface area contributed by atoms with E-state index < -0.39 is 8.32 Å². The molecule has 230 valence electrons. The zero-order valence-corrected chi connectivity index (χ0v) is 28.3. The molecule has 0 radical (unpaired) electrons. The van der Waals surface area contributed by atoms with Gasteiger partial charge in [0.1, 0.15) is 0 Å². The highest BCUT2D eigenvalue weighted by molar-refractivity contribution is 6.72. The highest BCUT2D eigenvalue weighted by atomic mass is 28.4. The van der Waals surface area contributed by atoms with Crippen molar-refractivity contribution in [3.8, 4) is 0 Å². The molecule has 0 aliphatic heterocycles. The van der Waals surface area contributed by atoms with Gasteiger partial charge in [-0.05, 0) is 18.1 Å². The van der Waals surface area contributed by atoms with E-state index in [0.717, 1.165) is 0 Å². The van der Waals surface area contributed by atoms with E-state index in [0.29, 0.717) is 0 Å². The normalized spacial score (nSPS) is 12.0. The molecule has 1 N–H and O–H groups in total. The van der Waals surface area contributed by atoms with E-state index in [1.807, 2.05) is 0 Å². The monoisotopic (exact) mass is 553 g/mol. The first-order valence-corrected chi connectivity index (χ1v) is 21.0. The number of hydrogen-bond acceptors (Lipinski definition) is 1. The number of hydrogen-bond donors (Lipinski definition) is 1. The van der Waals surface area contributed by atoms with Crippen LogP contribution in [0.25, 0.3) is 0 Å². The van der Waals surface area contributed by atoms with Gasteiger partial charge in [-0.25, -0.2) is 0 Å². The SMILES string of the molecule is CCCCCCCCCCCC[Si](O)(CCCCCCCCCCCC)CCCCCCCCCCCC. The topological polar surface area (TPSA) is 20.2 Å². The van der Waals surface area contributed by atoms with Gasteiger partial charge in [-0.15, -0.1) is 0 Å². The van der Waals surface area contributed by atoms with Gasteiger partial charge >= 0.3 is 0 Å². The minimum Gasteiger partial charge on any atom is -0.432 e. The molecule has 0 aromatic carbocycles. The van der Waals surface area contributed by atoms with Crippen LogP contribution in [0.15, 0.2) is 0 Å². The van der Waals surface area contributed by atoms with Gasteiger partial charge in [0.25, 0.3) is 0 Å². The maximum Gasteiger partial charge on any atom is 0.188 e. The fourth-order valence-corrected chi connectivity index (χ4v) is 9.67. The maximum absolute atomic E-state index is 11.7. The third kappa shape index (κ3) is 29.2. The summed E-state index contributed by atoms with van der Waals surface area (Å²) < 4.78 is 0. The molecule has 0 unspecified atom stereocenters. The van der Waals surface area contributed by atoms with Crippen molar-refractivity contribution in [2.75, 3.05) is 0 Å². The molecular weight excluding hydrogens is 476 g/mol. The van der Waals surface area contributed by atoms with Crippen LogP contribution in [0.4, 0.5) is 0 Å². The Balaban J connectivity index is 4.06. The van der Waals surface area contributed by atoms with Crippen LogP contribution in [-0.4, -0.2) is 13.1 Å². The van der Waals surface area contributed by atoms with E-state index in [2.05, 4.69) is 20.8 Å². The van der Waals surface area contributed by atoms with Gasteiger partial charge < -0.3 is 4.80 Å². The van der Waals surface area contributed by atoms with Gasteiger partial charge in [0.2, 0.25) is 0 Å². The molecule has 0 bridgehead atoms. The zero-order chi connectivity index (χ0) is 27.8. The summed E-state index contributed by atoms with van der Waals surface area (Å²) in [5, 5.41) is 0. The molecule has 2 heteroatoms. The molecule has 0 spiro atoms. The summed E-state index contributed by atoms with van der Waals surface area (Å²) in [5.41, 5.74) is 0. The lowest BCUT2D eigenvalue weighted by Gasteiger charge is -2.25. The summed E-state index contributed by atoms with van der Waals surface area (Å²) in [6.45, 7) is 6.91. The second kappa shape index (κ2) is 31.7. The summed E-state index contributed by atoms with van der Waals surface area (Å²) in [5.74, 6) is 0. The van der Waals surface area contributed by atoms with Crippen LogP contribution < -0.4 is 0 Å².